The highest BCUT2D eigenvalue weighted by molar-refractivity contribution is 4.97. The quantitative estimate of drug-likeness (QED) is 0.772. The Labute approximate surface area is 106 Å². The van der Waals surface area contributed by atoms with Crippen LogP contribution in [-0.2, 0) is 4.74 Å². The predicted octanol–water partition coefficient (Wildman–Crippen LogP) is 2.00. The first-order valence-corrected chi connectivity index (χ1v) is 7.30. The van der Waals surface area contributed by atoms with Crippen molar-refractivity contribution in [2.24, 2.45) is 11.7 Å². The Morgan fingerprint density at radius 1 is 1.35 bits per heavy atom. The maximum absolute atomic E-state index is 6.13. The fourth-order valence-corrected chi connectivity index (χ4v) is 3.13. The van der Waals surface area contributed by atoms with Crippen molar-refractivity contribution in [1.29, 1.82) is 0 Å². The summed E-state index contributed by atoms with van der Waals surface area (Å²) in [4.78, 5) is 2.65. The van der Waals surface area contributed by atoms with E-state index in [9.17, 15) is 0 Å². The molecule has 0 bridgehead atoms. The van der Waals surface area contributed by atoms with Gasteiger partial charge in [0.1, 0.15) is 0 Å². The Balaban J connectivity index is 2.03. The molecule has 2 atom stereocenters. The number of hydrogen-bond donors (Lipinski definition) is 1. The summed E-state index contributed by atoms with van der Waals surface area (Å²) in [7, 11) is 0. The van der Waals surface area contributed by atoms with Crippen LogP contribution in [0.1, 0.15) is 46.0 Å². The summed E-state index contributed by atoms with van der Waals surface area (Å²) < 4.78 is 5.82. The van der Waals surface area contributed by atoms with E-state index in [1.54, 1.807) is 0 Å². The average Bonchev–Trinajstić information content (AvgIpc) is 3.19. The summed E-state index contributed by atoms with van der Waals surface area (Å²) in [5.41, 5.74) is 6.35. The first-order valence-electron chi connectivity index (χ1n) is 7.30. The molecule has 1 aliphatic heterocycles. The fraction of sp³-hybridized carbons (Fsp3) is 1.00. The van der Waals surface area contributed by atoms with Gasteiger partial charge in [-0.1, -0.05) is 13.8 Å². The summed E-state index contributed by atoms with van der Waals surface area (Å²) in [6.07, 6.45) is 6.61. The topological polar surface area (TPSA) is 38.5 Å². The van der Waals surface area contributed by atoms with Crippen LogP contribution in [0.4, 0.5) is 0 Å². The van der Waals surface area contributed by atoms with E-state index in [1.165, 1.54) is 19.4 Å². The zero-order valence-electron chi connectivity index (χ0n) is 11.5. The van der Waals surface area contributed by atoms with Crippen molar-refractivity contribution in [2.45, 2.75) is 57.6 Å². The first kappa shape index (κ1) is 13.3. The molecule has 0 spiro atoms. The highest BCUT2D eigenvalue weighted by atomic mass is 16.5. The Bertz CT molecular complexity index is 242. The fourth-order valence-electron chi connectivity index (χ4n) is 3.13. The van der Waals surface area contributed by atoms with Gasteiger partial charge in [-0.25, -0.2) is 0 Å². The molecule has 1 heterocycles. The molecule has 0 amide bonds. The van der Waals surface area contributed by atoms with E-state index >= 15 is 0 Å². The summed E-state index contributed by atoms with van der Waals surface area (Å²) in [6, 6.07) is 0. The van der Waals surface area contributed by atoms with Crippen LogP contribution >= 0.6 is 0 Å². The van der Waals surface area contributed by atoms with Crippen LogP contribution in [0.15, 0.2) is 0 Å². The third kappa shape index (κ3) is 3.01. The zero-order chi connectivity index (χ0) is 12.3. The standard InChI is InChI=1S/C14H28N2O/c1-3-13-9-14(11-15,7-8-17-13)16(4-2)10-12-5-6-12/h12-13H,3-11,15H2,1-2H3. The van der Waals surface area contributed by atoms with Crippen LogP contribution in [0.2, 0.25) is 0 Å². The van der Waals surface area contributed by atoms with Gasteiger partial charge in [-0.05, 0) is 44.6 Å². The molecule has 2 rings (SSSR count). The van der Waals surface area contributed by atoms with Crippen LogP contribution in [0.25, 0.3) is 0 Å². The molecular formula is C14H28N2O. The normalized spacial score (nSPS) is 34.2. The SMILES string of the molecule is CCC1CC(CN)(N(CC)CC2CC2)CCO1. The largest absolute Gasteiger partial charge is 0.378 e. The second kappa shape index (κ2) is 5.68. The third-order valence-electron chi connectivity index (χ3n) is 4.59. The lowest BCUT2D eigenvalue weighted by Gasteiger charge is -2.48. The van der Waals surface area contributed by atoms with Gasteiger partial charge in [0.2, 0.25) is 0 Å². The van der Waals surface area contributed by atoms with E-state index in [0.29, 0.717) is 6.10 Å². The Morgan fingerprint density at radius 3 is 2.65 bits per heavy atom. The van der Waals surface area contributed by atoms with E-state index < -0.39 is 0 Å². The van der Waals surface area contributed by atoms with E-state index in [-0.39, 0.29) is 5.54 Å². The van der Waals surface area contributed by atoms with Crippen molar-refractivity contribution >= 4 is 0 Å². The van der Waals surface area contributed by atoms with Gasteiger partial charge in [0.05, 0.1) is 6.10 Å². The van der Waals surface area contributed by atoms with Gasteiger partial charge in [-0.15, -0.1) is 0 Å². The molecule has 2 unspecified atom stereocenters. The van der Waals surface area contributed by atoms with Gasteiger partial charge in [-0.3, -0.25) is 4.90 Å². The Morgan fingerprint density at radius 2 is 2.12 bits per heavy atom. The first-order chi connectivity index (χ1) is 8.24. The summed E-state index contributed by atoms with van der Waals surface area (Å²) in [6.45, 7) is 8.54. The molecule has 1 saturated heterocycles. The van der Waals surface area contributed by atoms with Crippen LogP contribution < -0.4 is 5.73 Å². The second-order valence-corrected chi connectivity index (χ2v) is 5.77. The van der Waals surface area contributed by atoms with Crippen molar-refractivity contribution < 1.29 is 4.74 Å². The minimum Gasteiger partial charge on any atom is -0.378 e. The summed E-state index contributed by atoms with van der Waals surface area (Å²) in [5.74, 6) is 0.946. The smallest absolute Gasteiger partial charge is 0.0590 e. The average molecular weight is 240 g/mol. The van der Waals surface area contributed by atoms with Crippen LogP contribution in [0.5, 0.6) is 0 Å². The molecule has 0 radical (unpaired) electrons. The molecule has 0 aromatic carbocycles. The zero-order valence-corrected chi connectivity index (χ0v) is 11.5. The monoisotopic (exact) mass is 240 g/mol. The highest BCUT2D eigenvalue weighted by Crippen LogP contribution is 2.36. The van der Waals surface area contributed by atoms with Crippen molar-refractivity contribution in [3.05, 3.63) is 0 Å². The molecule has 3 heteroatoms. The lowest BCUT2D eigenvalue weighted by atomic mass is 9.83. The number of nitrogens with zero attached hydrogens (tertiary/aromatic N) is 1. The van der Waals surface area contributed by atoms with Gasteiger partial charge in [0, 0.05) is 25.2 Å². The molecule has 100 valence electrons. The van der Waals surface area contributed by atoms with Crippen LogP contribution in [0, 0.1) is 5.92 Å². The van der Waals surface area contributed by atoms with Crippen molar-refractivity contribution in [1.82, 2.24) is 4.90 Å². The molecule has 0 aromatic rings. The van der Waals surface area contributed by atoms with Crippen molar-refractivity contribution in [2.75, 3.05) is 26.2 Å². The molecule has 2 fully saturated rings. The molecule has 17 heavy (non-hydrogen) atoms. The Kier molecular flexibility index (Phi) is 4.45. The predicted molar refractivity (Wildman–Crippen MR) is 71.0 cm³/mol. The highest BCUT2D eigenvalue weighted by Gasteiger charge is 2.41. The molecular weight excluding hydrogens is 212 g/mol. The molecule has 3 nitrogen and oxygen atoms in total. The van der Waals surface area contributed by atoms with Crippen LogP contribution in [0.3, 0.4) is 0 Å². The molecule has 2 N–H and O–H groups in total. The second-order valence-electron chi connectivity index (χ2n) is 5.77. The maximum atomic E-state index is 6.13. The number of rotatable bonds is 6. The third-order valence-corrected chi connectivity index (χ3v) is 4.59. The van der Waals surface area contributed by atoms with Gasteiger partial charge in [-0.2, -0.15) is 0 Å². The summed E-state index contributed by atoms with van der Waals surface area (Å²) in [5, 5.41) is 0. The minimum atomic E-state index is 0.219. The van der Waals surface area contributed by atoms with Gasteiger partial charge >= 0.3 is 0 Å². The number of ether oxygens (including phenoxy) is 1. The number of hydrogen-bond acceptors (Lipinski definition) is 3. The molecule has 1 aliphatic carbocycles. The van der Waals surface area contributed by atoms with Gasteiger partial charge < -0.3 is 10.5 Å². The lowest BCUT2D eigenvalue weighted by molar-refractivity contribution is -0.0719. The number of nitrogens with two attached hydrogens (primary N) is 1. The minimum absolute atomic E-state index is 0.219. The van der Waals surface area contributed by atoms with Gasteiger partial charge in [0.15, 0.2) is 0 Å². The van der Waals surface area contributed by atoms with E-state index in [1.807, 2.05) is 0 Å². The van der Waals surface area contributed by atoms with E-state index in [0.717, 1.165) is 44.9 Å². The van der Waals surface area contributed by atoms with Gasteiger partial charge in [0.25, 0.3) is 0 Å². The summed E-state index contributed by atoms with van der Waals surface area (Å²) >= 11 is 0. The maximum Gasteiger partial charge on any atom is 0.0590 e. The molecule has 0 aromatic heterocycles. The van der Waals surface area contributed by atoms with Crippen molar-refractivity contribution in [3.8, 4) is 0 Å². The lowest BCUT2D eigenvalue weighted by Crippen LogP contribution is -2.59. The van der Waals surface area contributed by atoms with E-state index in [2.05, 4.69) is 18.7 Å². The molecule has 1 saturated carbocycles. The molecule has 2 aliphatic rings. The Hall–Kier alpha value is -0.120. The van der Waals surface area contributed by atoms with E-state index in [4.69, 9.17) is 10.5 Å². The van der Waals surface area contributed by atoms with Crippen LogP contribution in [-0.4, -0.2) is 42.8 Å². The number of likely N-dealkylation sites (N-methyl/N-ethyl adjacent to an activating group) is 1. The van der Waals surface area contributed by atoms with Crippen molar-refractivity contribution in [3.63, 3.8) is 0 Å².